The summed E-state index contributed by atoms with van der Waals surface area (Å²) in [4.78, 5) is 30.3. The number of hydrogen-bond acceptors (Lipinski definition) is 7. The van der Waals surface area contributed by atoms with Gasteiger partial charge in [-0.05, 0) is 58.2 Å². The molecule has 0 aliphatic heterocycles. The van der Waals surface area contributed by atoms with E-state index in [2.05, 4.69) is 55.5 Å². The van der Waals surface area contributed by atoms with Crippen molar-refractivity contribution in [2.24, 2.45) is 0 Å². The molecule has 1 aliphatic carbocycles. The van der Waals surface area contributed by atoms with Gasteiger partial charge in [-0.2, -0.15) is 0 Å². The van der Waals surface area contributed by atoms with E-state index in [1.807, 2.05) is 121 Å². The highest BCUT2D eigenvalue weighted by molar-refractivity contribution is 6.16. The first-order chi connectivity index (χ1) is 28.7. The predicted octanol–water partition coefficient (Wildman–Crippen LogP) is 11.7. The Morgan fingerprint density at radius 3 is 1.31 bits per heavy atom. The molecule has 0 amide bonds. The van der Waals surface area contributed by atoms with Gasteiger partial charge in [-0.15, -0.1) is 0 Å². The Kier molecular flexibility index (Phi) is 8.03. The number of hydrogen-bond donors (Lipinski definition) is 0. The van der Waals surface area contributed by atoms with Crippen LogP contribution in [0.4, 0.5) is 0 Å². The van der Waals surface area contributed by atoms with Crippen molar-refractivity contribution in [2.45, 2.75) is 19.3 Å². The SMILES string of the molecule is CC1CC=c2c(-c3nc(-c4ccccc4)nc(-c4ccccc4)n3)ccc3oc4ccc(-c5nc(-c6ccccc6)nc(-c6ccccc6)n5)c5cccc(c1c23)c45. The predicted molar refractivity (Wildman–Crippen MR) is 232 cm³/mol. The highest BCUT2D eigenvalue weighted by Gasteiger charge is 2.24. The van der Waals surface area contributed by atoms with Crippen LogP contribution in [0, 0.1) is 0 Å². The van der Waals surface area contributed by atoms with Gasteiger partial charge in [0, 0.05) is 44.2 Å². The third kappa shape index (κ3) is 5.75. The Morgan fingerprint density at radius 1 is 0.397 bits per heavy atom. The molecule has 3 aromatic heterocycles. The van der Waals surface area contributed by atoms with Crippen LogP contribution in [0.3, 0.4) is 0 Å². The molecule has 0 fully saturated rings. The molecule has 0 saturated heterocycles. The third-order valence-electron chi connectivity index (χ3n) is 11.0. The Hall–Kier alpha value is -7.64. The molecular weight excluding hydrogens is 713 g/mol. The second-order valence-electron chi connectivity index (χ2n) is 14.7. The van der Waals surface area contributed by atoms with Crippen molar-refractivity contribution in [2.75, 3.05) is 0 Å². The minimum Gasteiger partial charge on any atom is -0.456 e. The topological polar surface area (TPSA) is 90.5 Å². The number of fused-ring (bicyclic) bond motifs is 1. The van der Waals surface area contributed by atoms with Gasteiger partial charge in [-0.3, -0.25) is 0 Å². The second kappa shape index (κ2) is 13.8. The summed E-state index contributed by atoms with van der Waals surface area (Å²) < 4.78 is 6.98. The van der Waals surface area contributed by atoms with E-state index < -0.39 is 0 Å². The fraction of sp³-hybridized carbons (Fsp3) is 0.0588. The van der Waals surface area contributed by atoms with Crippen molar-refractivity contribution < 1.29 is 4.42 Å². The van der Waals surface area contributed by atoms with Gasteiger partial charge in [-0.25, -0.2) is 29.9 Å². The van der Waals surface area contributed by atoms with Gasteiger partial charge in [0.1, 0.15) is 11.2 Å². The summed E-state index contributed by atoms with van der Waals surface area (Å²) in [5, 5.41) is 5.33. The minimum atomic E-state index is 0.218. The summed E-state index contributed by atoms with van der Waals surface area (Å²) in [5.41, 5.74) is 8.41. The molecule has 11 rings (SSSR count). The first-order valence-electron chi connectivity index (χ1n) is 19.5. The summed E-state index contributed by atoms with van der Waals surface area (Å²) in [6.45, 7) is 2.30. The van der Waals surface area contributed by atoms with Crippen LogP contribution >= 0.6 is 0 Å². The molecular formula is C51H34N6O. The average Bonchev–Trinajstić information content (AvgIpc) is 3.44. The number of rotatable bonds is 6. The smallest absolute Gasteiger partial charge is 0.164 e. The van der Waals surface area contributed by atoms with Gasteiger partial charge in [0.15, 0.2) is 34.9 Å². The maximum atomic E-state index is 6.98. The van der Waals surface area contributed by atoms with Crippen LogP contribution in [-0.2, 0) is 0 Å². The van der Waals surface area contributed by atoms with Crippen molar-refractivity contribution in [3.05, 3.63) is 175 Å². The maximum absolute atomic E-state index is 6.98. The van der Waals surface area contributed by atoms with Crippen molar-refractivity contribution in [3.8, 4) is 68.3 Å². The quantitative estimate of drug-likeness (QED) is 0.167. The van der Waals surface area contributed by atoms with Crippen LogP contribution in [0.5, 0.6) is 0 Å². The molecule has 0 radical (unpaired) electrons. The Labute approximate surface area is 334 Å². The third-order valence-corrected chi connectivity index (χ3v) is 11.0. The zero-order valence-corrected chi connectivity index (χ0v) is 31.5. The fourth-order valence-corrected chi connectivity index (χ4v) is 8.28. The summed E-state index contributed by atoms with van der Waals surface area (Å²) >= 11 is 0. The molecule has 58 heavy (non-hydrogen) atoms. The molecule has 1 atom stereocenters. The van der Waals surface area contributed by atoms with Crippen LogP contribution < -0.4 is 5.22 Å². The van der Waals surface area contributed by atoms with Gasteiger partial charge in [-0.1, -0.05) is 153 Å². The summed E-state index contributed by atoms with van der Waals surface area (Å²) in [5.74, 6) is 3.95. The standard InChI is InChI=1S/C51H34N6O/c1-31-25-26-37-39(51-56-48(34-19-10-4-11-20-34)53-49(57-51)35-21-12-5-13-22-35)28-30-42-45(37)43(31)40-24-14-23-36-38(27-29-41(58-42)44(36)40)50-54-46(32-15-6-2-7-16-32)52-47(55-50)33-17-8-3-9-18-33/h2-24,26-31H,25H2,1H3. The van der Waals surface area contributed by atoms with Crippen LogP contribution in [0.1, 0.15) is 24.8 Å². The molecule has 0 spiro atoms. The molecule has 274 valence electrons. The molecule has 7 nitrogen and oxygen atoms in total. The minimum absolute atomic E-state index is 0.218. The van der Waals surface area contributed by atoms with Crippen LogP contribution in [0.25, 0.3) is 107 Å². The van der Waals surface area contributed by atoms with E-state index >= 15 is 0 Å². The van der Waals surface area contributed by atoms with Crippen molar-refractivity contribution in [3.63, 3.8) is 0 Å². The normalized spacial score (nSPS) is 13.5. The zero-order chi connectivity index (χ0) is 38.6. The number of nitrogens with zero attached hydrogens (tertiary/aromatic N) is 6. The molecule has 1 aliphatic rings. The van der Waals surface area contributed by atoms with E-state index in [1.54, 1.807) is 0 Å². The van der Waals surface area contributed by atoms with Crippen molar-refractivity contribution in [1.82, 2.24) is 29.9 Å². The monoisotopic (exact) mass is 746 g/mol. The van der Waals surface area contributed by atoms with E-state index in [0.717, 1.165) is 77.7 Å². The lowest BCUT2D eigenvalue weighted by atomic mass is 9.84. The number of aromatic nitrogens is 6. The lowest BCUT2D eigenvalue weighted by molar-refractivity contribution is 0.662. The maximum Gasteiger partial charge on any atom is 0.164 e. The van der Waals surface area contributed by atoms with Gasteiger partial charge in [0.25, 0.3) is 0 Å². The highest BCUT2D eigenvalue weighted by atomic mass is 16.3. The first-order valence-corrected chi connectivity index (χ1v) is 19.5. The summed E-state index contributed by atoms with van der Waals surface area (Å²) in [6, 6.07) is 55.2. The lowest BCUT2D eigenvalue weighted by Gasteiger charge is -2.19. The summed E-state index contributed by atoms with van der Waals surface area (Å²) in [6.07, 6.45) is 3.17. The van der Waals surface area contributed by atoms with E-state index in [-0.39, 0.29) is 5.92 Å². The molecule has 3 heterocycles. The lowest BCUT2D eigenvalue weighted by Crippen LogP contribution is -2.16. The van der Waals surface area contributed by atoms with Gasteiger partial charge < -0.3 is 4.42 Å². The molecule has 0 saturated carbocycles. The molecule has 0 N–H and O–H groups in total. The van der Waals surface area contributed by atoms with Crippen molar-refractivity contribution in [1.29, 1.82) is 0 Å². The molecule has 0 bridgehead atoms. The molecule has 7 heteroatoms. The van der Waals surface area contributed by atoms with Gasteiger partial charge >= 0.3 is 0 Å². The van der Waals surface area contributed by atoms with Crippen LogP contribution in [0.2, 0.25) is 0 Å². The second-order valence-corrected chi connectivity index (χ2v) is 14.7. The van der Waals surface area contributed by atoms with E-state index in [0.29, 0.717) is 34.9 Å². The Morgan fingerprint density at radius 2 is 0.810 bits per heavy atom. The van der Waals surface area contributed by atoms with E-state index in [4.69, 9.17) is 34.3 Å². The largest absolute Gasteiger partial charge is 0.456 e. The molecule has 10 aromatic rings. The first kappa shape index (κ1) is 33.7. The van der Waals surface area contributed by atoms with E-state index in [9.17, 15) is 0 Å². The Balaban J connectivity index is 1.16. The van der Waals surface area contributed by atoms with Gasteiger partial charge in [0.05, 0.1) is 0 Å². The van der Waals surface area contributed by atoms with Crippen LogP contribution in [0.15, 0.2) is 168 Å². The molecule has 1 unspecified atom stereocenters. The number of benzene rings is 7. The molecule has 7 aromatic carbocycles. The average molecular weight is 747 g/mol. The summed E-state index contributed by atoms with van der Waals surface area (Å²) in [7, 11) is 0. The van der Waals surface area contributed by atoms with E-state index in [1.165, 1.54) is 5.56 Å². The fourth-order valence-electron chi connectivity index (χ4n) is 8.28. The van der Waals surface area contributed by atoms with Crippen molar-refractivity contribution >= 4 is 38.8 Å². The van der Waals surface area contributed by atoms with Crippen LogP contribution in [-0.4, -0.2) is 29.9 Å². The Bertz CT molecular complexity index is 3140. The highest BCUT2D eigenvalue weighted by Crippen LogP contribution is 2.42. The van der Waals surface area contributed by atoms with Gasteiger partial charge in [0.2, 0.25) is 0 Å². The zero-order valence-electron chi connectivity index (χ0n) is 31.5.